The van der Waals surface area contributed by atoms with E-state index in [9.17, 15) is 0 Å². The molecular weight excluding hydrogens is 274 g/mol. The van der Waals surface area contributed by atoms with Gasteiger partial charge in [0.25, 0.3) is 0 Å². The van der Waals surface area contributed by atoms with Crippen LogP contribution >= 0.6 is 0 Å². The van der Waals surface area contributed by atoms with E-state index in [2.05, 4.69) is 13.8 Å². The minimum absolute atomic E-state index is 0.149. The van der Waals surface area contributed by atoms with Crippen molar-refractivity contribution in [2.24, 2.45) is 0 Å². The first-order chi connectivity index (χ1) is 6.15. The molecule has 1 N–H and O–H groups in total. The van der Waals surface area contributed by atoms with Gasteiger partial charge in [-0.1, -0.05) is 0 Å². The van der Waals surface area contributed by atoms with Gasteiger partial charge in [-0.3, -0.25) is 0 Å². The molecule has 0 aromatic heterocycles. The van der Waals surface area contributed by atoms with Crippen molar-refractivity contribution < 1.29 is 15.1 Å². The second-order valence-electron chi connectivity index (χ2n) is 2.76. The topological polar surface area (TPSA) is 66.3 Å². The monoisotopic (exact) mass is 294 g/mol. The second-order valence-corrected chi connectivity index (χ2v) is 7.05. The molecule has 0 unspecified atom stereocenters. The maximum atomic E-state index is 8.53. The maximum absolute atomic E-state index is 8.53. The van der Waals surface area contributed by atoms with Gasteiger partial charge in [-0.05, 0) is 0 Å². The minimum Gasteiger partial charge on any atom is -0.871 e. The van der Waals surface area contributed by atoms with E-state index in [1.165, 1.54) is 25.7 Å². The molecule has 78 valence electrons. The van der Waals surface area contributed by atoms with Crippen molar-refractivity contribution in [3.63, 3.8) is 0 Å². The Hall–Kier alpha value is 0.744. The van der Waals surface area contributed by atoms with Crippen LogP contribution in [0.25, 0.3) is 0 Å². The Morgan fingerprint density at radius 1 is 1.08 bits per heavy atom. The molecule has 0 aliphatic rings. The second kappa shape index (κ2) is 15.2. The summed E-state index contributed by atoms with van der Waals surface area (Å²) in [6, 6.07) is 0. The van der Waals surface area contributed by atoms with Gasteiger partial charge in [0, 0.05) is 0 Å². The summed E-state index contributed by atoms with van der Waals surface area (Å²) < 4.78 is 3.25. The molecule has 0 amide bonds. The third-order valence-corrected chi connectivity index (χ3v) is 5.45. The Bertz CT molecular complexity index is 75.0. The number of rotatable bonds is 6. The fourth-order valence-electron chi connectivity index (χ4n) is 0.729. The molecule has 0 saturated heterocycles. The summed E-state index contributed by atoms with van der Waals surface area (Å²) in [5, 5.41) is 24.0. The number of hydrogen-bond acceptors (Lipinski definition) is 3. The van der Waals surface area contributed by atoms with Crippen LogP contribution in [-0.4, -0.2) is 33.5 Å². The van der Waals surface area contributed by atoms with Crippen LogP contribution in [0.2, 0.25) is 8.87 Å². The van der Waals surface area contributed by atoms with Crippen LogP contribution in [0.5, 0.6) is 0 Å². The molecule has 0 bridgehead atoms. The Morgan fingerprint density at radius 3 is 1.62 bits per heavy atom. The van der Waals surface area contributed by atoms with Crippen LogP contribution in [-0.2, 0) is 0 Å². The van der Waals surface area contributed by atoms with Crippen LogP contribution in [0, 0.1) is 0 Å². The van der Waals surface area contributed by atoms with Gasteiger partial charge in [0.15, 0.2) is 0 Å². The Morgan fingerprint density at radius 2 is 1.38 bits per heavy atom. The fraction of sp³-hybridized carbons (Fsp3) is 1.00. The molecule has 0 spiro atoms. The van der Waals surface area contributed by atoms with Gasteiger partial charge in [0.2, 0.25) is 0 Å². The molecular formula is C8H19BO3Sn-2. The molecule has 3 nitrogen and oxygen atoms in total. The zero-order valence-corrected chi connectivity index (χ0v) is 11.4. The zero-order valence-electron chi connectivity index (χ0n) is 8.58. The normalized spacial score (nSPS) is 9.00. The van der Waals surface area contributed by atoms with Gasteiger partial charge in [-0.2, -0.15) is 0 Å². The molecule has 5 heteroatoms. The Kier molecular flexibility index (Phi) is 19.0. The van der Waals surface area contributed by atoms with Gasteiger partial charge in [-0.25, -0.2) is 0 Å². The summed E-state index contributed by atoms with van der Waals surface area (Å²) in [5.41, 5.74) is 0. The number of hydrogen-bond donors (Lipinski definition) is 1. The van der Waals surface area contributed by atoms with Crippen molar-refractivity contribution in [2.75, 3.05) is 0 Å². The summed E-state index contributed by atoms with van der Waals surface area (Å²) in [6.45, 7) is 4.58. The van der Waals surface area contributed by atoms with Crippen molar-refractivity contribution in [1.82, 2.24) is 0 Å². The molecule has 0 aliphatic heterocycles. The smallest absolute Gasteiger partial charge is 0.0554 e. The Labute approximate surface area is 92.0 Å². The largest absolute Gasteiger partial charge is 0.871 e. The zero-order chi connectivity index (χ0) is 10.5. The molecule has 0 aromatic carbocycles. The summed E-state index contributed by atoms with van der Waals surface area (Å²) in [5.74, 6) is 0. The first-order valence-corrected chi connectivity index (χ1v) is 8.89. The molecule has 0 saturated carbocycles. The molecule has 0 rings (SSSR count). The molecule has 13 heavy (non-hydrogen) atoms. The van der Waals surface area contributed by atoms with E-state index in [-0.39, 0.29) is 21.1 Å². The van der Waals surface area contributed by atoms with E-state index < -0.39 is 7.32 Å². The average molecular weight is 293 g/mol. The van der Waals surface area contributed by atoms with E-state index in [1.807, 2.05) is 0 Å². The molecule has 0 fully saturated rings. The van der Waals surface area contributed by atoms with Crippen LogP contribution in [0.1, 0.15) is 39.5 Å². The molecule has 0 aliphatic carbocycles. The first kappa shape index (κ1) is 16.2. The fourth-order valence-corrected chi connectivity index (χ4v) is 4.89. The summed E-state index contributed by atoms with van der Waals surface area (Å²) >= 11 is 0.149. The van der Waals surface area contributed by atoms with Crippen LogP contribution in [0.4, 0.5) is 0 Å². The van der Waals surface area contributed by atoms with Gasteiger partial charge in [0.05, 0.1) is 7.32 Å². The molecule has 0 aromatic rings. The average Bonchev–Trinajstić information content (AvgIpc) is 2.03. The standard InChI is InChI=1S/2C4H9.BHO3.Sn/c2*1-3-4-2;2-1(3)4;/h2*1,3-4H2,2H3;2H;/q;;-2;. The van der Waals surface area contributed by atoms with Gasteiger partial charge >= 0.3 is 69.5 Å². The maximum Gasteiger partial charge on any atom is 0.0554 e. The number of unbranched alkanes of at least 4 members (excludes halogenated alkanes) is 2. The summed E-state index contributed by atoms with van der Waals surface area (Å²) in [4.78, 5) is 0. The van der Waals surface area contributed by atoms with Crippen molar-refractivity contribution in [2.45, 2.75) is 48.4 Å². The predicted octanol–water partition coefficient (Wildman–Crippen LogP) is -0.188. The van der Waals surface area contributed by atoms with Crippen LogP contribution in [0.3, 0.4) is 0 Å². The van der Waals surface area contributed by atoms with Crippen LogP contribution < -0.4 is 10.0 Å². The summed E-state index contributed by atoms with van der Waals surface area (Å²) in [7, 11) is -2.67. The van der Waals surface area contributed by atoms with E-state index in [0.29, 0.717) is 0 Å². The summed E-state index contributed by atoms with van der Waals surface area (Å²) in [6.07, 6.45) is 5.84. The van der Waals surface area contributed by atoms with E-state index in [1.54, 1.807) is 8.87 Å². The minimum atomic E-state index is -2.67. The SMILES string of the molecule is CCC[CH2][Sn][CH2]CCC.[O-]B([O-])O. The predicted molar refractivity (Wildman–Crippen MR) is 53.2 cm³/mol. The quantitative estimate of drug-likeness (QED) is 0.545. The molecule has 2 radical (unpaired) electrons. The van der Waals surface area contributed by atoms with Gasteiger partial charge in [-0.15, -0.1) is 0 Å². The van der Waals surface area contributed by atoms with Crippen molar-refractivity contribution in [3.05, 3.63) is 0 Å². The molecule has 0 heterocycles. The van der Waals surface area contributed by atoms with Crippen molar-refractivity contribution in [1.29, 1.82) is 0 Å². The van der Waals surface area contributed by atoms with Crippen LogP contribution in [0.15, 0.2) is 0 Å². The third-order valence-electron chi connectivity index (χ3n) is 1.41. The van der Waals surface area contributed by atoms with E-state index >= 15 is 0 Å². The van der Waals surface area contributed by atoms with Gasteiger partial charge < -0.3 is 15.1 Å². The Balaban J connectivity index is 0. The van der Waals surface area contributed by atoms with E-state index in [0.717, 1.165) is 0 Å². The molecule has 0 atom stereocenters. The van der Waals surface area contributed by atoms with Crippen molar-refractivity contribution >= 4 is 28.5 Å². The van der Waals surface area contributed by atoms with E-state index in [4.69, 9.17) is 15.1 Å². The third kappa shape index (κ3) is 32.3. The first-order valence-electron chi connectivity index (χ1n) is 4.85. The van der Waals surface area contributed by atoms with Gasteiger partial charge in [0.1, 0.15) is 0 Å². The van der Waals surface area contributed by atoms with Crippen molar-refractivity contribution in [3.8, 4) is 0 Å².